The fourth-order valence-corrected chi connectivity index (χ4v) is 5.85. The molecule has 2 atom stereocenters. The summed E-state index contributed by atoms with van der Waals surface area (Å²) >= 11 is 0. The van der Waals surface area contributed by atoms with Crippen molar-refractivity contribution >= 4 is 45.4 Å². The quantitative estimate of drug-likeness (QED) is 0.0718. The Hall–Kier alpha value is -5.90. The van der Waals surface area contributed by atoms with Crippen LogP contribution in [0, 0.1) is 0 Å². The molecule has 0 aliphatic heterocycles. The molecule has 5 rings (SSSR count). The van der Waals surface area contributed by atoms with E-state index in [0.29, 0.717) is 0 Å². The van der Waals surface area contributed by atoms with Gasteiger partial charge in [-0.25, -0.2) is 0 Å². The van der Waals surface area contributed by atoms with Crippen LogP contribution < -0.4 is 9.47 Å². The molecule has 0 aromatic heterocycles. The molecule has 0 spiro atoms. The van der Waals surface area contributed by atoms with Crippen LogP contribution in [0.25, 0.3) is 21.5 Å². The van der Waals surface area contributed by atoms with Gasteiger partial charge in [-0.05, 0) is 76.3 Å². The molecule has 0 fully saturated rings. The molecule has 10 heteroatoms. The number of benzene rings is 5. The molecule has 53 heavy (non-hydrogen) atoms. The van der Waals surface area contributed by atoms with Crippen LogP contribution in [-0.4, -0.2) is 69.2 Å². The van der Waals surface area contributed by atoms with E-state index in [1.54, 1.807) is 28.1 Å². The van der Waals surface area contributed by atoms with E-state index in [0.717, 1.165) is 49.7 Å². The number of carbonyl (C=O) groups excluding carboxylic acids is 4. The second-order valence-corrected chi connectivity index (χ2v) is 12.8. The van der Waals surface area contributed by atoms with Gasteiger partial charge in [-0.3, -0.25) is 19.2 Å². The molecule has 0 saturated heterocycles. The lowest BCUT2D eigenvalue weighted by Crippen LogP contribution is -2.38. The maximum absolute atomic E-state index is 13.3. The van der Waals surface area contributed by atoms with E-state index in [-0.39, 0.29) is 51.7 Å². The summed E-state index contributed by atoms with van der Waals surface area (Å²) in [6.45, 7) is 3.59. The fourth-order valence-electron chi connectivity index (χ4n) is 5.85. The van der Waals surface area contributed by atoms with Crippen LogP contribution >= 0.6 is 0 Å². The van der Waals surface area contributed by atoms with Crippen molar-refractivity contribution in [1.82, 2.24) is 4.90 Å². The van der Waals surface area contributed by atoms with Crippen molar-refractivity contribution in [2.45, 2.75) is 45.1 Å². The van der Waals surface area contributed by atoms with Crippen LogP contribution in [0.3, 0.4) is 0 Å². The maximum Gasteiger partial charge on any atom is 0.313 e. The van der Waals surface area contributed by atoms with Gasteiger partial charge in [0.2, 0.25) is 5.91 Å². The third-order valence-corrected chi connectivity index (χ3v) is 9.20. The van der Waals surface area contributed by atoms with Crippen molar-refractivity contribution in [3.63, 3.8) is 0 Å². The van der Waals surface area contributed by atoms with Gasteiger partial charge in [-0.15, -0.1) is 0 Å². The predicted octanol–water partition coefficient (Wildman–Crippen LogP) is 7.36. The first kappa shape index (κ1) is 38.3. The summed E-state index contributed by atoms with van der Waals surface area (Å²) in [6, 6.07) is 32.2. The predicted molar refractivity (Wildman–Crippen MR) is 202 cm³/mol. The molecule has 10 nitrogen and oxygen atoms in total. The molecule has 0 unspecified atom stereocenters. The Morgan fingerprint density at radius 2 is 1.04 bits per heavy atom. The Morgan fingerprint density at radius 1 is 0.566 bits per heavy atom. The summed E-state index contributed by atoms with van der Waals surface area (Å²) in [5.74, 6) is -1.36. The van der Waals surface area contributed by atoms with E-state index in [2.05, 4.69) is 0 Å². The van der Waals surface area contributed by atoms with Crippen LogP contribution in [0.5, 0.6) is 11.5 Å². The SMILES string of the molecule is COc1ccc2cc([C@H](C)C(=O)OCCN(CCOC(=O)[C@@H](C)c3ccc4cc(OC)ccc4c3)C(=O)CCC(=O)OCc3ccccc3)ccc2c1. The van der Waals surface area contributed by atoms with Crippen molar-refractivity contribution in [2.24, 2.45) is 0 Å². The number of hydrogen-bond acceptors (Lipinski definition) is 9. The highest BCUT2D eigenvalue weighted by molar-refractivity contribution is 5.88. The van der Waals surface area contributed by atoms with Crippen LogP contribution in [0.15, 0.2) is 103 Å². The van der Waals surface area contributed by atoms with Crippen LogP contribution in [0.2, 0.25) is 0 Å². The van der Waals surface area contributed by atoms with Crippen LogP contribution in [0.1, 0.15) is 55.2 Å². The Bertz CT molecular complexity index is 1930. The molecule has 0 aliphatic rings. The molecule has 5 aromatic carbocycles. The van der Waals surface area contributed by atoms with Gasteiger partial charge < -0.3 is 28.6 Å². The number of methoxy groups -OCH3 is 2. The van der Waals surface area contributed by atoms with Gasteiger partial charge in [-0.1, -0.05) is 78.9 Å². The molecule has 0 saturated carbocycles. The first-order valence-electron chi connectivity index (χ1n) is 17.6. The first-order chi connectivity index (χ1) is 25.6. The molecule has 0 radical (unpaired) electrons. The normalized spacial score (nSPS) is 12.1. The second-order valence-electron chi connectivity index (χ2n) is 12.8. The molecule has 0 aliphatic carbocycles. The molecule has 0 N–H and O–H groups in total. The highest BCUT2D eigenvalue weighted by Crippen LogP contribution is 2.27. The molecule has 0 heterocycles. The minimum Gasteiger partial charge on any atom is -0.497 e. The number of nitrogens with zero attached hydrogens (tertiary/aromatic N) is 1. The summed E-state index contributed by atoms with van der Waals surface area (Å²) in [5.41, 5.74) is 2.43. The van der Waals surface area contributed by atoms with E-state index in [1.807, 2.05) is 103 Å². The Morgan fingerprint density at radius 3 is 1.53 bits per heavy atom. The summed E-state index contributed by atoms with van der Waals surface area (Å²) in [5, 5.41) is 3.90. The summed E-state index contributed by atoms with van der Waals surface area (Å²) < 4.78 is 27.2. The minimum atomic E-state index is -0.551. The minimum absolute atomic E-state index is 0.0507. The Labute approximate surface area is 309 Å². The van der Waals surface area contributed by atoms with E-state index in [4.69, 9.17) is 23.7 Å². The highest BCUT2D eigenvalue weighted by atomic mass is 16.5. The van der Waals surface area contributed by atoms with Gasteiger partial charge in [-0.2, -0.15) is 0 Å². The third-order valence-electron chi connectivity index (χ3n) is 9.20. The zero-order valence-corrected chi connectivity index (χ0v) is 30.5. The number of rotatable bonds is 17. The zero-order chi connectivity index (χ0) is 37.7. The van der Waals surface area contributed by atoms with Gasteiger partial charge in [0.05, 0.1) is 45.6 Å². The average molecular weight is 720 g/mol. The molecule has 0 bridgehead atoms. The maximum atomic E-state index is 13.3. The molecular formula is C43H45NO9. The molecule has 1 amide bonds. The van der Waals surface area contributed by atoms with Crippen LogP contribution in [-0.2, 0) is 40.0 Å². The van der Waals surface area contributed by atoms with Crippen LogP contribution in [0.4, 0.5) is 0 Å². The van der Waals surface area contributed by atoms with Crippen molar-refractivity contribution in [3.8, 4) is 11.5 Å². The van der Waals surface area contributed by atoms with Crippen molar-refractivity contribution < 1.29 is 42.9 Å². The summed E-state index contributed by atoms with van der Waals surface area (Å²) in [6.07, 6.45) is -0.246. The summed E-state index contributed by atoms with van der Waals surface area (Å²) in [4.78, 5) is 53.4. The van der Waals surface area contributed by atoms with E-state index in [1.165, 1.54) is 4.90 Å². The first-order valence-corrected chi connectivity index (χ1v) is 17.6. The lowest BCUT2D eigenvalue weighted by molar-refractivity contribution is -0.149. The molecule has 276 valence electrons. The largest absolute Gasteiger partial charge is 0.497 e. The number of amides is 1. The third kappa shape index (κ3) is 10.6. The Kier molecular flexibility index (Phi) is 13.4. The zero-order valence-electron chi connectivity index (χ0n) is 30.5. The van der Waals surface area contributed by atoms with Gasteiger partial charge >= 0.3 is 17.9 Å². The number of carbonyl (C=O) groups is 4. The number of esters is 3. The van der Waals surface area contributed by atoms with Gasteiger partial charge in [0, 0.05) is 6.42 Å². The topological polar surface area (TPSA) is 118 Å². The standard InChI is InChI=1S/C43H45NO9/c1-29(32-10-12-36-26-38(49-3)16-14-34(36)24-32)42(47)51-22-20-44(40(45)18-19-41(46)53-28-31-8-6-5-7-9-31)21-23-52-43(48)30(2)33-11-13-37-27-39(50-4)17-15-35(37)25-33/h5-17,24-27,29-30H,18-23,28H2,1-4H3/t29-,30-/m0/s1. The fraction of sp³-hybridized carbons (Fsp3) is 0.302. The van der Waals surface area contributed by atoms with Crippen molar-refractivity contribution in [2.75, 3.05) is 40.5 Å². The molecule has 5 aromatic rings. The smallest absolute Gasteiger partial charge is 0.313 e. The van der Waals surface area contributed by atoms with E-state index < -0.39 is 29.7 Å². The van der Waals surface area contributed by atoms with Gasteiger partial charge in [0.25, 0.3) is 0 Å². The number of ether oxygens (including phenoxy) is 5. The van der Waals surface area contributed by atoms with Crippen molar-refractivity contribution in [3.05, 3.63) is 120 Å². The number of hydrogen-bond donors (Lipinski definition) is 0. The number of fused-ring (bicyclic) bond motifs is 2. The van der Waals surface area contributed by atoms with E-state index in [9.17, 15) is 19.2 Å². The van der Waals surface area contributed by atoms with Gasteiger partial charge in [0.15, 0.2) is 0 Å². The van der Waals surface area contributed by atoms with Gasteiger partial charge in [0.1, 0.15) is 31.3 Å². The average Bonchev–Trinajstić information content (AvgIpc) is 3.20. The van der Waals surface area contributed by atoms with Crippen molar-refractivity contribution in [1.29, 1.82) is 0 Å². The Balaban J connectivity index is 1.17. The monoisotopic (exact) mass is 719 g/mol. The lowest BCUT2D eigenvalue weighted by Gasteiger charge is -2.23. The molecular weight excluding hydrogens is 674 g/mol. The lowest BCUT2D eigenvalue weighted by atomic mass is 9.98. The second kappa shape index (κ2) is 18.5. The summed E-state index contributed by atoms with van der Waals surface area (Å²) in [7, 11) is 3.23. The van der Waals surface area contributed by atoms with E-state index >= 15 is 0 Å². The highest BCUT2D eigenvalue weighted by Gasteiger charge is 2.22.